The summed E-state index contributed by atoms with van der Waals surface area (Å²) in [6.07, 6.45) is 1.21. The molecule has 0 spiro atoms. The van der Waals surface area contributed by atoms with Crippen LogP contribution in [0.4, 0.5) is 0 Å². The van der Waals surface area contributed by atoms with Crippen molar-refractivity contribution in [3.05, 3.63) is 0 Å². The molecule has 0 aliphatic carbocycles. The van der Waals surface area contributed by atoms with E-state index < -0.39 is 0 Å². The molecular formula is C6H13IS2. The molecule has 0 rings (SSSR count). The van der Waals surface area contributed by atoms with Crippen molar-refractivity contribution in [3.63, 3.8) is 0 Å². The summed E-state index contributed by atoms with van der Waals surface area (Å²) in [5.74, 6) is 2.23. The first-order chi connectivity index (χ1) is 4.12. The fourth-order valence-corrected chi connectivity index (χ4v) is 4.10. The first-order valence-electron chi connectivity index (χ1n) is 2.97. The van der Waals surface area contributed by atoms with Gasteiger partial charge in [0, 0.05) is 5.75 Å². The van der Waals surface area contributed by atoms with Gasteiger partial charge in [-0.2, -0.15) is 12.6 Å². The Balaban J connectivity index is 3.43. The Bertz CT molecular complexity index is 65.5. The summed E-state index contributed by atoms with van der Waals surface area (Å²) >= 11 is 6.54. The van der Waals surface area contributed by atoms with Crippen molar-refractivity contribution < 1.29 is 0 Å². The number of halogens is 1. The van der Waals surface area contributed by atoms with Gasteiger partial charge in [0.25, 0.3) is 0 Å². The molecule has 0 aliphatic rings. The first kappa shape index (κ1) is 10.4. The van der Waals surface area contributed by atoms with Crippen LogP contribution in [0.15, 0.2) is 0 Å². The lowest BCUT2D eigenvalue weighted by Gasteiger charge is -2.21. The molecule has 0 radical (unpaired) electrons. The van der Waals surface area contributed by atoms with Gasteiger partial charge in [0.15, 0.2) is 0 Å². The summed E-state index contributed by atoms with van der Waals surface area (Å²) in [6, 6.07) is 0. The number of hydrogen-bond donors (Lipinski definition) is 1. The van der Waals surface area contributed by atoms with Gasteiger partial charge in [-0.3, -0.25) is 0 Å². The third-order valence-electron chi connectivity index (χ3n) is 1.23. The Kier molecular flexibility index (Phi) is 5.94. The quantitative estimate of drug-likeness (QED) is 0.606. The lowest BCUT2D eigenvalue weighted by molar-refractivity contribution is 0.413. The molecule has 0 aromatic heterocycles. The Morgan fingerprint density at radius 1 is 1.56 bits per heavy atom. The molecule has 0 aromatic carbocycles. The van der Waals surface area contributed by atoms with Crippen LogP contribution in [-0.4, -0.2) is 11.5 Å². The highest BCUT2D eigenvalue weighted by atomic mass is 127. The van der Waals surface area contributed by atoms with E-state index in [-0.39, 0.29) is 0 Å². The lowest BCUT2D eigenvalue weighted by Crippen LogP contribution is -2.14. The highest BCUT2D eigenvalue weighted by Crippen LogP contribution is 2.28. The van der Waals surface area contributed by atoms with Gasteiger partial charge >= 0.3 is 0 Å². The molecule has 0 saturated heterocycles. The molecule has 0 unspecified atom stereocenters. The van der Waals surface area contributed by atoms with Gasteiger partial charge in [-0.25, -0.2) is 0 Å². The zero-order chi connectivity index (χ0) is 7.33. The van der Waals surface area contributed by atoms with Crippen LogP contribution in [-0.2, 0) is 0 Å². The Morgan fingerprint density at radius 2 is 2.11 bits per heavy atom. The average Bonchev–Trinajstić information content (AvgIpc) is 1.64. The van der Waals surface area contributed by atoms with Crippen LogP contribution in [0.1, 0.15) is 20.3 Å². The summed E-state index contributed by atoms with van der Waals surface area (Å²) in [4.78, 5) is 0. The summed E-state index contributed by atoms with van der Waals surface area (Å²) in [5.41, 5.74) is 0.480. The number of rotatable bonds is 4. The molecule has 0 saturated carbocycles. The Morgan fingerprint density at radius 3 is 2.44 bits per heavy atom. The minimum absolute atomic E-state index is 0.480. The highest BCUT2D eigenvalue weighted by molar-refractivity contribution is 14.2. The zero-order valence-corrected chi connectivity index (χ0v) is 9.72. The smallest absolute Gasteiger partial charge is 0.00851 e. The molecule has 0 nitrogen and oxygen atoms in total. The van der Waals surface area contributed by atoms with E-state index in [0.717, 1.165) is 5.75 Å². The van der Waals surface area contributed by atoms with E-state index in [0.29, 0.717) is 5.41 Å². The van der Waals surface area contributed by atoms with Gasteiger partial charge in [-0.05, 0) is 38.8 Å². The van der Waals surface area contributed by atoms with Crippen molar-refractivity contribution in [2.75, 3.05) is 11.5 Å². The molecule has 0 amide bonds. The average molecular weight is 276 g/mol. The van der Waals surface area contributed by atoms with Gasteiger partial charge < -0.3 is 0 Å². The van der Waals surface area contributed by atoms with E-state index >= 15 is 0 Å². The molecule has 3 heteroatoms. The second-order valence-corrected chi connectivity index (χ2v) is 5.71. The maximum atomic E-state index is 4.20. The van der Waals surface area contributed by atoms with Gasteiger partial charge in [-0.1, -0.05) is 22.8 Å². The van der Waals surface area contributed by atoms with Gasteiger partial charge in [-0.15, -0.1) is 0 Å². The largest absolute Gasteiger partial charge is 0.179 e. The van der Waals surface area contributed by atoms with Crippen molar-refractivity contribution in [1.29, 1.82) is 0 Å². The number of thiol groups is 1. The molecular weight excluding hydrogens is 263 g/mol. The van der Waals surface area contributed by atoms with Crippen LogP contribution >= 0.6 is 42.8 Å². The van der Waals surface area contributed by atoms with Crippen LogP contribution in [0.2, 0.25) is 0 Å². The van der Waals surface area contributed by atoms with Crippen molar-refractivity contribution >= 4 is 42.8 Å². The normalized spacial score (nSPS) is 12.0. The van der Waals surface area contributed by atoms with Crippen LogP contribution in [0.25, 0.3) is 0 Å². The molecule has 0 fully saturated rings. The van der Waals surface area contributed by atoms with Crippen LogP contribution in [0, 0.1) is 5.41 Å². The minimum atomic E-state index is 0.480. The fourth-order valence-electron chi connectivity index (χ4n) is 0.523. The summed E-state index contributed by atoms with van der Waals surface area (Å²) in [7, 11) is 1.88. The fraction of sp³-hybridized carbons (Fsp3) is 1.00. The van der Waals surface area contributed by atoms with Gasteiger partial charge in [0.05, 0.1) is 0 Å². The van der Waals surface area contributed by atoms with Crippen molar-refractivity contribution in [3.8, 4) is 0 Å². The second-order valence-electron chi connectivity index (χ2n) is 2.89. The maximum Gasteiger partial charge on any atom is 0.00851 e. The molecule has 56 valence electrons. The third kappa shape index (κ3) is 5.85. The highest BCUT2D eigenvalue weighted by Gasteiger charge is 2.15. The molecule has 0 aliphatic heterocycles. The second kappa shape index (κ2) is 5.13. The van der Waals surface area contributed by atoms with Crippen molar-refractivity contribution in [2.45, 2.75) is 20.3 Å². The van der Waals surface area contributed by atoms with Crippen LogP contribution in [0.3, 0.4) is 0 Å². The molecule has 0 N–H and O–H groups in total. The molecule has 0 aromatic rings. The van der Waals surface area contributed by atoms with Crippen LogP contribution < -0.4 is 0 Å². The first-order valence-corrected chi connectivity index (χ1v) is 7.13. The van der Waals surface area contributed by atoms with E-state index in [9.17, 15) is 0 Å². The van der Waals surface area contributed by atoms with Gasteiger partial charge in [0.1, 0.15) is 0 Å². The predicted molar refractivity (Wildman–Crippen MR) is 58.7 cm³/mol. The van der Waals surface area contributed by atoms with Crippen molar-refractivity contribution in [1.82, 2.24) is 0 Å². The topological polar surface area (TPSA) is 0 Å². The summed E-state index contributed by atoms with van der Waals surface area (Å²) in [5, 5.41) is 0. The maximum absolute atomic E-state index is 4.20. The van der Waals surface area contributed by atoms with Crippen molar-refractivity contribution in [2.24, 2.45) is 5.41 Å². The van der Waals surface area contributed by atoms with E-state index in [4.69, 9.17) is 0 Å². The molecule has 0 atom stereocenters. The predicted octanol–water partition coefficient (Wildman–Crippen LogP) is 3.42. The van der Waals surface area contributed by atoms with Gasteiger partial charge in [0.2, 0.25) is 0 Å². The third-order valence-corrected chi connectivity index (χ3v) is 3.28. The van der Waals surface area contributed by atoms with E-state index in [1.807, 2.05) is 8.93 Å². The lowest BCUT2D eigenvalue weighted by atomic mass is 9.93. The SMILES string of the molecule is CC(C)(CCS)CSI. The minimum Gasteiger partial charge on any atom is -0.179 e. The molecule has 0 heterocycles. The molecule has 9 heavy (non-hydrogen) atoms. The van der Waals surface area contributed by atoms with E-state index in [1.165, 1.54) is 12.2 Å². The zero-order valence-electron chi connectivity index (χ0n) is 5.85. The summed E-state index contributed by atoms with van der Waals surface area (Å²) < 4.78 is 0. The standard InChI is InChI=1S/C6H13IS2/c1-6(2,3-4-8)5-9-7/h8H,3-5H2,1-2H3. The Labute approximate surface area is 79.6 Å². The Hall–Kier alpha value is 1.43. The van der Waals surface area contributed by atoms with Crippen LogP contribution in [0.5, 0.6) is 0 Å². The molecule has 0 bridgehead atoms. The van der Waals surface area contributed by atoms with E-state index in [2.05, 4.69) is 47.7 Å². The van der Waals surface area contributed by atoms with E-state index in [1.54, 1.807) is 0 Å². The monoisotopic (exact) mass is 276 g/mol. The number of hydrogen-bond acceptors (Lipinski definition) is 2. The summed E-state index contributed by atoms with van der Waals surface area (Å²) in [6.45, 7) is 4.57.